The first kappa shape index (κ1) is 31.2. The predicted molar refractivity (Wildman–Crippen MR) is 165 cm³/mol. The number of fused-ring (bicyclic) bond motifs is 1. The summed E-state index contributed by atoms with van der Waals surface area (Å²) in [5.74, 6) is 1.43. The third-order valence-corrected chi connectivity index (χ3v) is 7.52. The van der Waals surface area contributed by atoms with Crippen molar-refractivity contribution in [2.75, 3.05) is 43.4 Å². The molecule has 0 aromatic carbocycles. The maximum Gasteiger partial charge on any atom is 0.326 e. The summed E-state index contributed by atoms with van der Waals surface area (Å²) in [4.78, 5) is 32.2. The number of aromatic nitrogens is 4. The standard InChI is InChI=1S/C32H45N7O3/c1-23-27(11-8-15-33-23)42-20-19-39(17-6-5-10-25-13-12-24-9-7-16-34-30(24)37-25)18-14-26(31(40)41)38-29-21-28(32(2,3)4)35-22-36-29/h8,11-13,15,21-22,26H,5-7,9-10,14,16-20H2,1-4H3,(H,34,37)(H,40,41)(H,35,36,38). The maximum absolute atomic E-state index is 12.2. The highest BCUT2D eigenvalue weighted by Crippen LogP contribution is 2.22. The van der Waals surface area contributed by atoms with Crippen molar-refractivity contribution in [3.63, 3.8) is 0 Å². The van der Waals surface area contributed by atoms with Gasteiger partial charge in [0.05, 0.1) is 11.4 Å². The van der Waals surface area contributed by atoms with E-state index in [1.165, 1.54) is 11.9 Å². The molecule has 0 aliphatic carbocycles. The molecule has 4 rings (SSSR count). The molecule has 42 heavy (non-hydrogen) atoms. The molecular formula is C32H45N7O3. The van der Waals surface area contributed by atoms with Crippen LogP contribution in [0.1, 0.15) is 69.1 Å². The van der Waals surface area contributed by atoms with Gasteiger partial charge in [-0.2, -0.15) is 0 Å². The zero-order valence-electron chi connectivity index (χ0n) is 25.4. The van der Waals surface area contributed by atoms with Crippen LogP contribution in [0.5, 0.6) is 5.75 Å². The van der Waals surface area contributed by atoms with Crippen molar-refractivity contribution in [2.24, 2.45) is 0 Å². The van der Waals surface area contributed by atoms with E-state index < -0.39 is 12.0 Å². The molecule has 0 amide bonds. The van der Waals surface area contributed by atoms with Gasteiger partial charge in [0.15, 0.2) is 0 Å². The molecule has 1 atom stereocenters. The van der Waals surface area contributed by atoms with Crippen molar-refractivity contribution >= 4 is 17.6 Å². The van der Waals surface area contributed by atoms with Gasteiger partial charge in [0, 0.05) is 43.0 Å². The molecule has 1 aliphatic rings. The zero-order chi connectivity index (χ0) is 30.0. The van der Waals surface area contributed by atoms with Gasteiger partial charge in [0.1, 0.15) is 36.4 Å². The van der Waals surface area contributed by atoms with E-state index in [9.17, 15) is 9.90 Å². The first-order valence-corrected chi connectivity index (χ1v) is 15.0. The number of carbonyl (C=O) groups is 1. The zero-order valence-corrected chi connectivity index (χ0v) is 25.4. The average Bonchev–Trinajstić information content (AvgIpc) is 2.97. The monoisotopic (exact) mass is 575 g/mol. The van der Waals surface area contributed by atoms with E-state index in [4.69, 9.17) is 9.72 Å². The van der Waals surface area contributed by atoms with Crippen LogP contribution in [0.3, 0.4) is 0 Å². The Hall–Kier alpha value is -3.79. The van der Waals surface area contributed by atoms with Crippen molar-refractivity contribution in [1.82, 2.24) is 24.8 Å². The first-order chi connectivity index (χ1) is 20.2. The molecule has 3 aromatic rings. The molecule has 1 unspecified atom stereocenters. The Morgan fingerprint density at radius 2 is 2.00 bits per heavy atom. The fourth-order valence-electron chi connectivity index (χ4n) is 4.99. The minimum absolute atomic E-state index is 0.160. The molecule has 226 valence electrons. The average molecular weight is 576 g/mol. The van der Waals surface area contributed by atoms with Crippen LogP contribution in [0.15, 0.2) is 42.9 Å². The number of aliphatic carboxylic acids is 1. The number of nitrogens with zero attached hydrogens (tertiary/aromatic N) is 5. The number of unbranched alkanes of at least 4 members (excludes halogenated alkanes) is 1. The molecule has 0 fully saturated rings. The second kappa shape index (κ2) is 14.9. The van der Waals surface area contributed by atoms with Crippen molar-refractivity contribution in [1.29, 1.82) is 0 Å². The Morgan fingerprint density at radius 3 is 2.79 bits per heavy atom. The number of hydrogen-bond donors (Lipinski definition) is 3. The van der Waals surface area contributed by atoms with Gasteiger partial charge >= 0.3 is 5.97 Å². The van der Waals surface area contributed by atoms with Crippen LogP contribution in [-0.4, -0.2) is 74.7 Å². The molecule has 0 radical (unpaired) electrons. The van der Waals surface area contributed by atoms with Crippen molar-refractivity contribution < 1.29 is 14.6 Å². The number of rotatable bonds is 15. The minimum atomic E-state index is -0.903. The quantitative estimate of drug-likeness (QED) is 0.216. The van der Waals surface area contributed by atoms with Crippen LogP contribution >= 0.6 is 0 Å². The molecule has 4 heterocycles. The number of carboxylic acids is 1. The summed E-state index contributed by atoms with van der Waals surface area (Å²) < 4.78 is 6.02. The van der Waals surface area contributed by atoms with Crippen LogP contribution in [0.4, 0.5) is 11.6 Å². The Kier molecular flexibility index (Phi) is 11.1. The third kappa shape index (κ3) is 9.37. The van der Waals surface area contributed by atoms with E-state index in [1.807, 2.05) is 25.1 Å². The summed E-state index contributed by atoms with van der Waals surface area (Å²) in [6.07, 6.45) is 8.80. The number of ether oxygens (including phenoxy) is 1. The highest BCUT2D eigenvalue weighted by Gasteiger charge is 2.22. The Balaban J connectivity index is 1.33. The van der Waals surface area contributed by atoms with Gasteiger partial charge in [-0.25, -0.2) is 19.7 Å². The molecule has 0 saturated heterocycles. The SMILES string of the molecule is Cc1ncccc1OCCN(CCCCc1ccc2c(n1)NCCC2)CCC(Nc1cc(C(C)(C)C)ncn1)C(=O)O. The molecule has 0 spiro atoms. The van der Waals surface area contributed by atoms with E-state index in [0.717, 1.165) is 73.8 Å². The lowest BCUT2D eigenvalue weighted by Gasteiger charge is -2.25. The Bertz CT molecular complexity index is 1310. The number of nitrogens with one attached hydrogen (secondary N) is 2. The van der Waals surface area contributed by atoms with Crippen LogP contribution in [0, 0.1) is 6.92 Å². The second-order valence-corrected chi connectivity index (χ2v) is 11.9. The topological polar surface area (TPSA) is 125 Å². The van der Waals surface area contributed by atoms with Gasteiger partial charge in [0.25, 0.3) is 0 Å². The first-order valence-electron chi connectivity index (χ1n) is 15.0. The maximum atomic E-state index is 12.2. The third-order valence-electron chi connectivity index (χ3n) is 7.52. The largest absolute Gasteiger partial charge is 0.490 e. The summed E-state index contributed by atoms with van der Waals surface area (Å²) in [5, 5.41) is 16.5. The molecule has 3 aromatic heterocycles. The summed E-state index contributed by atoms with van der Waals surface area (Å²) in [7, 11) is 0. The van der Waals surface area contributed by atoms with E-state index in [1.54, 1.807) is 6.20 Å². The van der Waals surface area contributed by atoms with Crippen molar-refractivity contribution in [3.8, 4) is 5.75 Å². The number of hydrogen-bond acceptors (Lipinski definition) is 9. The van der Waals surface area contributed by atoms with Gasteiger partial charge in [0.2, 0.25) is 0 Å². The van der Waals surface area contributed by atoms with Gasteiger partial charge < -0.3 is 20.5 Å². The smallest absolute Gasteiger partial charge is 0.326 e. The lowest BCUT2D eigenvalue weighted by Crippen LogP contribution is -2.37. The summed E-state index contributed by atoms with van der Waals surface area (Å²) in [6, 6.07) is 9.20. The highest BCUT2D eigenvalue weighted by atomic mass is 16.5. The summed E-state index contributed by atoms with van der Waals surface area (Å²) in [5.41, 5.74) is 3.97. The molecule has 10 nitrogen and oxygen atoms in total. The van der Waals surface area contributed by atoms with Crippen LogP contribution < -0.4 is 15.4 Å². The number of aryl methyl sites for hydroxylation is 3. The fourth-order valence-corrected chi connectivity index (χ4v) is 4.99. The normalized spacial score (nSPS) is 13.7. The van der Waals surface area contributed by atoms with E-state index in [-0.39, 0.29) is 5.41 Å². The lowest BCUT2D eigenvalue weighted by atomic mass is 9.92. The highest BCUT2D eigenvalue weighted by molar-refractivity contribution is 5.76. The molecule has 1 aliphatic heterocycles. The fraction of sp³-hybridized carbons (Fsp3) is 0.531. The summed E-state index contributed by atoms with van der Waals surface area (Å²) in [6.45, 7) is 11.8. The van der Waals surface area contributed by atoms with Gasteiger partial charge in [-0.3, -0.25) is 9.88 Å². The van der Waals surface area contributed by atoms with Gasteiger partial charge in [-0.1, -0.05) is 26.8 Å². The lowest BCUT2D eigenvalue weighted by molar-refractivity contribution is -0.138. The Labute approximate surface area is 249 Å². The van der Waals surface area contributed by atoms with E-state index in [0.29, 0.717) is 31.9 Å². The number of pyridine rings is 2. The van der Waals surface area contributed by atoms with E-state index >= 15 is 0 Å². The van der Waals surface area contributed by atoms with E-state index in [2.05, 4.69) is 63.4 Å². The number of carboxylic acid groups (broad SMARTS) is 1. The molecule has 0 bridgehead atoms. The molecule has 3 N–H and O–H groups in total. The predicted octanol–water partition coefficient (Wildman–Crippen LogP) is 4.89. The van der Waals surface area contributed by atoms with Crippen LogP contribution in [-0.2, 0) is 23.1 Å². The Morgan fingerprint density at radius 1 is 1.14 bits per heavy atom. The molecular weight excluding hydrogens is 530 g/mol. The van der Waals surface area contributed by atoms with Crippen LogP contribution in [0.25, 0.3) is 0 Å². The second-order valence-electron chi connectivity index (χ2n) is 11.9. The molecule has 0 saturated carbocycles. The molecule has 10 heteroatoms. The number of anilines is 2. The van der Waals surface area contributed by atoms with Crippen molar-refractivity contribution in [3.05, 3.63) is 65.5 Å². The van der Waals surface area contributed by atoms with Gasteiger partial charge in [-0.05, 0) is 75.8 Å². The van der Waals surface area contributed by atoms with Crippen LogP contribution in [0.2, 0.25) is 0 Å². The summed E-state index contributed by atoms with van der Waals surface area (Å²) >= 11 is 0. The van der Waals surface area contributed by atoms with Gasteiger partial charge in [-0.15, -0.1) is 0 Å². The van der Waals surface area contributed by atoms with Crippen molar-refractivity contribution in [2.45, 2.75) is 77.7 Å². The minimum Gasteiger partial charge on any atom is -0.490 e.